The van der Waals surface area contributed by atoms with Crippen LogP contribution < -0.4 is 0 Å². The summed E-state index contributed by atoms with van der Waals surface area (Å²) in [6.45, 7) is 4.96. The molecule has 2 heterocycles. The highest BCUT2D eigenvalue weighted by atomic mass is 35.5. The van der Waals surface area contributed by atoms with Crippen LogP contribution in [0, 0.1) is 0 Å². The van der Waals surface area contributed by atoms with E-state index in [1.54, 1.807) is 5.38 Å². The Balaban J connectivity index is 0.00000144. The van der Waals surface area contributed by atoms with E-state index in [0.29, 0.717) is 0 Å². The minimum Gasteiger partial charge on any atom is -0.476 e. The zero-order valence-electron chi connectivity index (χ0n) is 10.0. The highest BCUT2D eigenvalue weighted by Crippen LogP contribution is 2.13. The van der Waals surface area contributed by atoms with E-state index in [1.807, 2.05) is 0 Å². The minimum absolute atomic E-state index is 0. The number of carboxylic acids is 1. The van der Waals surface area contributed by atoms with E-state index in [4.69, 9.17) is 5.11 Å². The number of carboxylic acid groups (broad SMARTS) is 1. The molecule has 0 aliphatic carbocycles. The number of carbonyl (C=O) groups is 1. The molecule has 104 valence electrons. The van der Waals surface area contributed by atoms with E-state index in [9.17, 15) is 4.79 Å². The fourth-order valence-electron chi connectivity index (χ4n) is 1.68. The van der Waals surface area contributed by atoms with Gasteiger partial charge in [-0.3, -0.25) is 4.90 Å². The van der Waals surface area contributed by atoms with Crippen molar-refractivity contribution in [1.29, 1.82) is 0 Å². The lowest BCUT2D eigenvalue weighted by molar-refractivity contribution is 0.0691. The third-order valence-corrected chi connectivity index (χ3v) is 3.56. The van der Waals surface area contributed by atoms with Gasteiger partial charge in [-0.2, -0.15) is 0 Å². The van der Waals surface area contributed by atoms with E-state index >= 15 is 0 Å². The van der Waals surface area contributed by atoms with E-state index in [-0.39, 0.29) is 30.5 Å². The van der Waals surface area contributed by atoms with Gasteiger partial charge < -0.3 is 10.0 Å². The zero-order valence-corrected chi connectivity index (χ0v) is 12.5. The van der Waals surface area contributed by atoms with E-state index in [2.05, 4.69) is 21.8 Å². The van der Waals surface area contributed by atoms with Crippen LogP contribution in [0.2, 0.25) is 0 Å². The van der Waals surface area contributed by atoms with Crippen molar-refractivity contribution in [3.05, 3.63) is 16.1 Å². The van der Waals surface area contributed by atoms with Crippen LogP contribution in [0.1, 0.15) is 15.5 Å². The molecule has 1 aliphatic heterocycles. The van der Waals surface area contributed by atoms with Gasteiger partial charge in [-0.05, 0) is 7.05 Å². The summed E-state index contributed by atoms with van der Waals surface area (Å²) in [5.74, 6) is -0.944. The fraction of sp³-hybridized carbons (Fsp3) is 0.600. The molecule has 0 saturated carbocycles. The van der Waals surface area contributed by atoms with Gasteiger partial charge in [0.2, 0.25) is 0 Å². The number of hydrogen-bond donors (Lipinski definition) is 1. The number of rotatable bonds is 3. The lowest BCUT2D eigenvalue weighted by Crippen LogP contribution is -2.43. The SMILES string of the molecule is CN1CCN(Cc2nc(C(=O)O)cs2)CC1.Cl.Cl. The molecule has 1 aromatic heterocycles. The monoisotopic (exact) mass is 313 g/mol. The summed E-state index contributed by atoms with van der Waals surface area (Å²) in [5.41, 5.74) is 0.161. The van der Waals surface area contributed by atoms with Crippen molar-refractivity contribution < 1.29 is 9.90 Å². The molecule has 1 aliphatic rings. The first-order valence-electron chi connectivity index (χ1n) is 5.24. The van der Waals surface area contributed by atoms with Crippen LogP contribution in [0.15, 0.2) is 5.38 Å². The Morgan fingerprint density at radius 2 is 2.00 bits per heavy atom. The van der Waals surface area contributed by atoms with E-state index in [1.165, 1.54) is 11.3 Å². The number of hydrogen-bond acceptors (Lipinski definition) is 5. The Labute approximate surface area is 123 Å². The number of piperazine rings is 1. The normalized spacial score (nSPS) is 16.7. The summed E-state index contributed by atoms with van der Waals surface area (Å²) in [5, 5.41) is 11.3. The molecule has 1 saturated heterocycles. The lowest BCUT2D eigenvalue weighted by atomic mass is 10.3. The van der Waals surface area contributed by atoms with Crippen molar-refractivity contribution in [1.82, 2.24) is 14.8 Å². The zero-order chi connectivity index (χ0) is 11.5. The Morgan fingerprint density at radius 3 is 2.50 bits per heavy atom. The van der Waals surface area contributed by atoms with Gasteiger partial charge in [0.15, 0.2) is 5.69 Å². The molecular formula is C10H17Cl2N3O2S. The molecule has 1 fully saturated rings. The van der Waals surface area contributed by atoms with E-state index in [0.717, 1.165) is 37.7 Å². The Morgan fingerprint density at radius 1 is 1.39 bits per heavy atom. The second kappa shape index (κ2) is 7.91. The maximum Gasteiger partial charge on any atom is 0.355 e. The largest absolute Gasteiger partial charge is 0.476 e. The maximum absolute atomic E-state index is 10.7. The molecular weight excluding hydrogens is 297 g/mol. The minimum atomic E-state index is -0.944. The smallest absolute Gasteiger partial charge is 0.355 e. The third-order valence-electron chi connectivity index (χ3n) is 2.73. The number of halogens is 2. The van der Waals surface area contributed by atoms with Crippen LogP contribution in [0.4, 0.5) is 0 Å². The first-order valence-corrected chi connectivity index (χ1v) is 6.12. The average Bonchev–Trinajstić information content (AvgIpc) is 2.70. The molecule has 1 aromatic rings. The summed E-state index contributed by atoms with van der Waals surface area (Å²) in [4.78, 5) is 19.4. The molecule has 5 nitrogen and oxygen atoms in total. The van der Waals surface area contributed by atoms with Crippen molar-refractivity contribution in [3.63, 3.8) is 0 Å². The number of aromatic nitrogens is 1. The molecule has 1 N–H and O–H groups in total. The molecule has 0 amide bonds. The molecule has 18 heavy (non-hydrogen) atoms. The number of thiazole rings is 1. The Kier molecular flexibility index (Phi) is 7.73. The quantitative estimate of drug-likeness (QED) is 0.915. The molecule has 0 atom stereocenters. The Hall–Kier alpha value is -0.400. The van der Waals surface area contributed by atoms with Crippen molar-refractivity contribution in [3.8, 4) is 0 Å². The molecule has 2 rings (SSSR count). The molecule has 8 heteroatoms. The maximum atomic E-state index is 10.7. The van der Waals surface area contributed by atoms with Gasteiger partial charge in [0.25, 0.3) is 0 Å². The predicted molar refractivity (Wildman–Crippen MR) is 76.3 cm³/mol. The van der Waals surface area contributed by atoms with Gasteiger partial charge in [-0.25, -0.2) is 9.78 Å². The fourth-order valence-corrected chi connectivity index (χ4v) is 2.49. The van der Waals surface area contributed by atoms with Gasteiger partial charge in [0, 0.05) is 31.6 Å². The summed E-state index contributed by atoms with van der Waals surface area (Å²) >= 11 is 1.43. The van der Waals surface area contributed by atoms with Crippen molar-refractivity contribution in [2.24, 2.45) is 0 Å². The van der Waals surface area contributed by atoms with Crippen molar-refractivity contribution in [2.75, 3.05) is 33.2 Å². The van der Waals surface area contributed by atoms with Crippen LogP contribution in [0.3, 0.4) is 0 Å². The second-order valence-electron chi connectivity index (χ2n) is 4.01. The van der Waals surface area contributed by atoms with Gasteiger partial charge >= 0.3 is 5.97 Å². The summed E-state index contributed by atoms with van der Waals surface area (Å²) in [7, 11) is 2.11. The van der Waals surface area contributed by atoms with Crippen molar-refractivity contribution in [2.45, 2.75) is 6.54 Å². The summed E-state index contributed by atoms with van der Waals surface area (Å²) in [6.07, 6.45) is 0. The number of aromatic carboxylic acids is 1. The number of likely N-dealkylation sites (N-methyl/N-ethyl adjacent to an activating group) is 1. The summed E-state index contributed by atoms with van der Waals surface area (Å²) < 4.78 is 0. The number of nitrogens with zero attached hydrogens (tertiary/aromatic N) is 3. The summed E-state index contributed by atoms with van der Waals surface area (Å²) in [6, 6.07) is 0. The molecule has 0 unspecified atom stereocenters. The molecule has 0 aromatic carbocycles. The standard InChI is InChI=1S/C10H15N3O2S.2ClH/c1-12-2-4-13(5-3-12)6-9-11-8(7-16-9)10(14)15;;/h7H,2-6H2,1H3,(H,14,15);2*1H. The van der Waals surface area contributed by atoms with Gasteiger partial charge in [0.1, 0.15) is 5.01 Å². The van der Waals surface area contributed by atoms with Gasteiger partial charge in [-0.15, -0.1) is 36.2 Å². The van der Waals surface area contributed by atoms with E-state index < -0.39 is 5.97 Å². The van der Waals surface area contributed by atoms with Crippen LogP contribution in [0.25, 0.3) is 0 Å². The van der Waals surface area contributed by atoms with Crippen LogP contribution in [-0.2, 0) is 6.54 Å². The predicted octanol–water partition coefficient (Wildman–Crippen LogP) is 1.43. The first kappa shape index (κ1) is 17.6. The first-order chi connectivity index (χ1) is 7.65. The Bertz CT molecular complexity index is 381. The van der Waals surface area contributed by atoms with Crippen LogP contribution in [0.5, 0.6) is 0 Å². The highest BCUT2D eigenvalue weighted by Gasteiger charge is 2.16. The van der Waals surface area contributed by atoms with Crippen molar-refractivity contribution >= 4 is 42.1 Å². The lowest BCUT2D eigenvalue weighted by Gasteiger charge is -2.31. The van der Waals surface area contributed by atoms with Gasteiger partial charge in [-0.1, -0.05) is 0 Å². The average molecular weight is 314 g/mol. The molecule has 0 bridgehead atoms. The van der Waals surface area contributed by atoms with Crippen LogP contribution >= 0.6 is 36.2 Å². The highest BCUT2D eigenvalue weighted by molar-refractivity contribution is 7.09. The van der Waals surface area contributed by atoms with Crippen LogP contribution in [-0.4, -0.2) is 59.1 Å². The third kappa shape index (κ3) is 4.70. The second-order valence-corrected chi connectivity index (χ2v) is 4.95. The topological polar surface area (TPSA) is 56.7 Å². The molecule has 0 radical (unpaired) electrons. The molecule has 0 spiro atoms. The van der Waals surface area contributed by atoms with Gasteiger partial charge in [0.05, 0.1) is 6.54 Å².